The second kappa shape index (κ2) is 5.55. The van der Waals surface area contributed by atoms with Crippen LogP contribution in [-0.2, 0) is 6.54 Å². The lowest BCUT2D eigenvalue weighted by Gasteiger charge is -2.11. The molecule has 3 aromatic carbocycles. The zero-order valence-electron chi connectivity index (χ0n) is 10.8. The number of phenols is 1. The molecule has 100 valence electrons. The molecular weight excluding hydrogens is 314 g/mol. The van der Waals surface area contributed by atoms with Crippen molar-refractivity contribution in [3.05, 3.63) is 70.7 Å². The van der Waals surface area contributed by atoms with Crippen molar-refractivity contribution in [2.75, 3.05) is 5.32 Å². The Morgan fingerprint density at radius 1 is 0.850 bits per heavy atom. The highest BCUT2D eigenvalue weighted by molar-refractivity contribution is 9.10. The Morgan fingerprint density at radius 3 is 2.45 bits per heavy atom. The van der Waals surface area contributed by atoms with Gasteiger partial charge in [-0.05, 0) is 23.8 Å². The van der Waals surface area contributed by atoms with Crippen LogP contribution in [0.5, 0.6) is 5.75 Å². The maximum absolute atomic E-state index is 9.89. The smallest absolute Gasteiger partial charge is 0.123 e. The van der Waals surface area contributed by atoms with Gasteiger partial charge in [-0.15, -0.1) is 0 Å². The van der Waals surface area contributed by atoms with Crippen LogP contribution in [0.15, 0.2) is 65.1 Å². The van der Waals surface area contributed by atoms with Crippen molar-refractivity contribution in [1.82, 2.24) is 0 Å². The van der Waals surface area contributed by atoms with Gasteiger partial charge in [-0.2, -0.15) is 0 Å². The van der Waals surface area contributed by atoms with Crippen molar-refractivity contribution in [3.63, 3.8) is 0 Å². The first-order valence-electron chi connectivity index (χ1n) is 6.44. The molecule has 0 aliphatic rings. The van der Waals surface area contributed by atoms with E-state index >= 15 is 0 Å². The number of nitrogens with one attached hydrogen (secondary N) is 1. The molecule has 0 unspecified atom stereocenters. The Morgan fingerprint density at radius 2 is 1.60 bits per heavy atom. The van der Waals surface area contributed by atoms with E-state index in [1.807, 2.05) is 48.5 Å². The van der Waals surface area contributed by atoms with Crippen molar-refractivity contribution >= 4 is 32.4 Å². The zero-order chi connectivity index (χ0) is 13.9. The van der Waals surface area contributed by atoms with Crippen molar-refractivity contribution < 1.29 is 5.11 Å². The van der Waals surface area contributed by atoms with Crippen LogP contribution < -0.4 is 5.32 Å². The van der Waals surface area contributed by atoms with Gasteiger partial charge in [0.2, 0.25) is 0 Å². The molecule has 0 aromatic heterocycles. The molecule has 0 saturated heterocycles. The number of hydrogen-bond donors (Lipinski definition) is 2. The number of aromatic hydroxyl groups is 1. The third-order valence-corrected chi connectivity index (χ3v) is 4.10. The molecule has 3 heteroatoms. The molecule has 0 fully saturated rings. The van der Waals surface area contributed by atoms with Gasteiger partial charge in [-0.1, -0.05) is 58.4 Å². The first-order chi connectivity index (χ1) is 9.75. The highest BCUT2D eigenvalue weighted by Crippen LogP contribution is 2.30. The molecule has 2 nitrogen and oxygen atoms in total. The Labute approximate surface area is 126 Å². The third kappa shape index (κ3) is 2.49. The number of hydrogen-bond acceptors (Lipinski definition) is 2. The first kappa shape index (κ1) is 13.0. The van der Waals surface area contributed by atoms with Gasteiger partial charge in [-0.25, -0.2) is 0 Å². The van der Waals surface area contributed by atoms with Crippen LogP contribution in [0.3, 0.4) is 0 Å². The summed E-state index contributed by atoms with van der Waals surface area (Å²) in [6, 6.07) is 19.6. The molecule has 20 heavy (non-hydrogen) atoms. The zero-order valence-corrected chi connectivity index (χ0v) is 12.4. The lowest BCUT2D eigenvalue weighted by molar-refractivity contribution is 0.481. The van der Waals surface area contributed by atoms with Crippen LogP contribution in [-0.4, -0.2) is 5.11 Å². The maximum Gasteiger partial charge on any atom is 0.123 e. The van der Waals surface area contributed by atoms with E-state index in [4.69, 9.17) is 0 Å². The quantitative estimate of drug-likeness (QED) is 0.715. The molecule has 3 rings (SSSR count). The molecule has 0 heterocycles. The van der Waals surface area contributed by atoms with Crippen LogP contribution in [0.4, 0.5) is 5.69 Å². The highest BCUT2D eigenvalue weighted by Gasteiger charge is 2.04. The number of phenolic OH excluding ortho intramolecular Hbond substituents is 1. The monoisotopic (exact) mass is 327 g/mol. The minimum absolute atomic E-state index is 0.312. The van der Waals surface area contributed by atoms with E-state index in [9.17, 15) is 5.11 Å². The van der Waals surface area contributed by atoms with Crippen LogP contribution in [0, 0.1) is 0 Å². The van der Waals surface area contributed by atoms with Crippen molar-refractivity contribution in [2.45, 2.75) is 6.54 Å². The normalized spacial score (nSPS) is 10.7. The van der Waals surface area contributed by atoms with Crippen molar-refractivity contribution in [1.29, 1.82) is 0 Å². The fourth-order valence-electron chi connectivity index (χ4n) is 2.28. The van der Waals surface area contributed by atoms with Gasteiger partial charge < -0.3 is 10.4 Å². The van der Waals surface area contributed by atoms with Gasteiger partial charge in [0.25, 0.3) is 0 Å². The summed E-state index contributed by atoms with van der Waals surface area (Å²) >= 11 is 3.55. The summed E-state index contributed by atoms with van der Waals surface area (Å²) in [4.78, 5) is 0. The summed E-state index contributed by atoms with van der Waals surface area (Å²) in [7, 11) is 0. The average molecular weight is 328 g/mol. The fourth-order valence-corrected chi connectivity index (χ4v) is 2.70. The van der Waals surface area contributed by atoms with Gasteiger partial charge in [0.1, 0.15) is 5.75 Å². The summed E-state index contributed by atoms with van der Waals surface area (Å²) in [6.07, 6.45) is 0. The molecule has 0 radical (unpaired) electrons. The average Bonchev–Trinajstić information content (AvgIpc) is 2.47. The number of benzene rings is 3. The minimum Gasteiger partial charge on any atom is -0.507 e. The summed E-state index contributed by atoms with van der Waals surface area (Å²) in [5.41, 5.74) is 2.22. The Hall–Kier alpha value is -2.00. The second-order valence-electron chi connectivity index (χ2n) is 4.62. The number of fused-ring (bicyclic) bond motifs is 1. The van der Waals surface area contributed by atoms with E-state index in [0.717, 1.165) is 27.5 Å². The van der Waals surface area contributed by atoms with Gasteiger partial charge in [0.05, 0.1) is 0 Å². The van der Waals surface area contributed by atoms with Crippen LogP contribution in [0.1, 0.15) is 5.56 Å². The van der Waals surface area contributed by atoms with Crippen LogP contribution in [0.25, 0.3) is 10.8 Å². The third-order valence-electron chi connectivity index (χ3n) is 3.33. The Balaban J connectivity index is 1.92. The van der Waals surface area contributed by atoms with E-state index in [1.54, 1.807) is 6.07 Å². The van der Waals surface area contributed by atoms with Crippen molar-refractivity contribution in [2.24, 2.45) is 0 Å². The van der Waals surface area contributed by atoms with E-state index < -0.39 is 0 Å². The van der Waals surface area contributed by atoms with E-state index in [2.05, 4.69) is 27.3 Å². The Bertz CT molecular complexity index is 755. The molecule has 0 saturated carbocycles. The molecule has 0 atom stereocenters. The summed E-state index contributed by atoms with van der Waals surface area (Å²) in [5.74, 6) is 0.312. The number of anilines is 1. The molecule has 0 aliphatic heterocycles. The number of halogens is 1. The van der Waals surface area contributed by atoms with Crippen molar-refractivity contribution in [3.8, 4) is 5.75 Å². The van der Waals surface area contributed by atoms with Gasteiger partial charge in [0.15, 0.2) is 0 Å². The SMILES string of the molecule is Oc1cccc2c(NCc3ccccc3Br)cccc12. The standard InChI is InChI=1S/C17H14BrNO/c18-15-8-2-1-5-12(15)11-19-16-9-3-7-14-13(16)6-4-10-17(14)20/h1-10,19-20H,11H2. The molecule has 0 amide bonds. The van der Waals surface area contributed by atoms with Crippen LogP contribution >= 0.6 is 15.9 Å². The number of rotatable bonds is 3. The van der Waals surface area contributed by atoms with E-state index in [0.29, 0.717) is 5.75 Å². The predicted octanol–water partition coefficient (Wildman–Crippen LogP) is 4.92. The second-order valence-corrected chi connectivity index (χ2v) is 5.48. The van der Waals surface area contributed by atoms with Gasteiger partial charge in [0, 0.05) is 27.5 Å². The Kier molecular flexibility index (Phi) is 3.61. The van der Waals surface area contributed by atoms with Crippen LogP contribution in [0.2, 0.25) is 0 Å². The summed E-state index contributed by atoms with van der Waals surface area (Å²) < 4.78 is 1.09. The highest BCUT2D eigenvalue weighted by atomic mass is 79.9. The largest absolute Gasteiger partial charge is 0.507 e. The molecule has 3 aromatic rings. The minimum atomic E-state index is 0.312. The fraction of sp³-hybridized carbons (Fsp3) is 0.0588. The maximum atomic E-state index is 9.89. The lowest BCUT2D eigenvalue weighted by atomic mass is 10.1. The molecule has 0 aliphatic carbocycles. The molecule has 0 spiro atoms. The first-order valence-corrected chi connectivity index (χ1v) is 7.23. The van der Waals surface area contributed by atoms with E-state index in [1.165, 1.54) is 5.56 Å². The predicted molar refractivity (Wildman–Crippen MR) is 87.1 cm³/mol. The topological polar surface area (TPSA) is 32.3 Å². The molecular formula is C17H14BrNO. The summed E-state index contributed by atoms with van der Waals surface area (Å²) in [5, 5.41) is 15.2. The molecule has 2 N–H and O–H groups in total. The van der Waals surface area contributed by atoms with Gasteiger partial charge >= 0.3 is 0 Å². The summed E-state index contributed by atoms with van der Waals surface area (Å²) in [6.45, 7) is 0.732. The molecule has 0 bridgehead atoms. The van der Waals surface area contributed by atoms with Gasteiger partial charge in [-0.3, -0.25) is 0 Å². The lowest BCUT2D eigenvalue weighted by Crippen LogP contribution is -2.00. The van der Waals surface area contributed by atoms with E-state index in [-0.39, 0.29) is 0 Å².